The van der Waals surface area contributed by atoms with Gasteiger partial charge in [-0.2, -0.15) is 0 Å². The van der Waals surface area contributed by atoms with Crippen LogP contribution in [0, 0.1) is 0 Å². The average Bonchev–Trinajstić information content (AvgIpc) is 3.00. The van der Waals surface area contributed by atoms with Crippen molar-refractivity contribution >= 4 is 30.1 Å². The van der Waals surface area contributed by atoms with Crippen molar-refractivity contribution in [2.24, 2.45) is 0 Å². The summed E-state index contributed by atoms with van der Waals surface area (Å²) in [6.45, 7) is 6.72. The molecule has 0 unspecified atom stereocenters. The summed E-state index contributed by atoms with van der Waals surface area (Å²) in [4.78, 5) is 34.6. The van der Waals surface area contributed by atoms with Crippen LogP contribution in [-0.2, 0) is 28.6 Å². The third-order valence-electron chi connectivity index (χ3n) is 5.77. The topological polar surface area (TPSA) is 107 Å². The van der Waals surface area contributed by atoms with Crippen molar-refractivity contribution in [3.8, 4) is 17.2 Å². The van der Waals surface area contributed by atoms with Gasteiger partial charge in [0.25, 0.3) is 0 Å². The molecule has 0 aliphatic carbocycles. The third kappa shape index (κ3) is 13.7. The number of hydrogen-bond donors (Lipinski definition) is 0. The molecule has 226 valence electrons. The van der Waals surface area contributed by atoms with Gasteiger partial charge in [-0.05, 0) is 80.2 Å². The maximum Gasteiger partial charge on any atom is 0.333 e. The van der Waals surface area contributed by atoms with Gasteiger partial charge in [-0.1, -0.05) is 24.8 Å². The molecule has 9 heteroatoms. The minimum absolute atomic E-state index is 0.221. The van der Waals surface area contributed by atoms with Gasteiger partial charge in [0.2, 0.25) is 0 Å². The second-order valence-corrected chi connectivity index (χ2v) is 9.22. The Bertz CT molecular complexity index is 1210. The molecule has 0 heterocycles. The minimum Gasteiger partial charge on any atom is -0.493 e. The number of carbonyl (C=O) groups excluding carboxylic acids is 3. The largest absolute Gasteiger partial charge is 0.493 e. The molecule has 9 nitrogen and oxygen atoms in total. The molecule has 0 atom stereocenters. The molecule has 2 aromatic carbocycles. The Morgan fingerprint density at radius 2 is 1.31 bits per heavy atom. The van der Waals surface area contributed by atoms with Crippen molar-refractivity contribution < 1.29 is 42.8 Å². The molecule has 0 aliphatic rings. The summed E-state index contributed by atoms with van der Waals surface area (Å²) in [6.07, 6.45) is 10.1. The Kier molecular flexibility index (Phi) is 15.7. The second-order valence-electron chi connectivity index (χ2n) is 9.22. The van der Waals surface area contributed by atoms with Crippen molar-refractivity contribution in [2.75, 3.05) is 40.6 Å². The highest BCUT2D eigenvalue weighted by Gasteiger charge is 2.06. The van der Waals surface area contributed by atoms with Crippen LogP contribution in [0.2, 0.25) is 0 Å². The van der Waals surface area contributed by atoms with Gasteiger partial charge in [-0.25, -0.2) is 14.4 Å². The van der Waals surface area contributed by atoms with Gasteiger partial charge in [0.05, 0.1) is 40.6 Å². The molecular formula is C33H40O9. The normalized spacial score (nSPS) is 10.8. The highest BCUT2D eigenvalue weighted by molar-refractivity contribution is 5.88. The summed E-state index contributed by atoms with van der Waals surface area (Å²) in [5, 5.41) is 0. The fourth-order valence-electron chi connectivity index (χ4n) is 3.48. The van der Waals surface area contributed by atoms with Crippen molar-refractivity contribution in [3.63, 3.8) is 0 Å². The molecular weight excluding hydrogens is 540 g/mol. The second kappa shape index (κ2) is 19.5. The van der Waals surface area contributed by atoms with E-state index in [-0.39, 0.29) is 12.6 Å². The summed E-state index contributed by atoms with van der Waals surface area (Å²) in [6, 6.07) is 12.7. The van der Waals surface area contributed by atoms with Gasteiger partial charge >= 0.3 is 17.9 Å². The lowest BCUT2D eigenvalue weighted by atomic mass is 10.2. The monoisotopic (exact) mass is 580 g/mol. The highest BCUT2D eigenvalue weighted by Crippen LogP contribution is 2.29. The van der Waals surface area contributed by atoms with Crippen LogP contribution < -0.4 is 14.2 Å². The summed E-state index contributed by atoms with van der Waals surface area (Å²) >= 11 is 0. The molecule has 0 bridgehead atoms. The van der Waals surface area contributed by atoms with Crippen molar-refractivity contribution in [2.45, 2.75) is 39.0 Å². The van der Waals surface area contributed by atoms with E-state index in [1.165, 1.54) is 19.3 Å². The first kappa shape index (κ1) is 33.7. The van der Waals surface area contributed by atoms with Crippen LogP contribution in [0.4, 0.5) is 0 Å². The van der Waals surface area contributed by atoms with E-state index >= 15 is 0 Å². The van der Waals surface area contributed by atoms with Crippen LogP contribution in [0.25, 0.3) is 12.2 Å². The standard InChI is InChI=1S/C33H40O9/c1-25(2)33(36)42-21-8-6-5-7-20-40-29-17-12-27(24-30(29)37-3)14-19-32(35)41-23-9-22-39-28-15-10-26(11-16-28)13-18-31(34)38-4/h10-19,24H,1,5-9,20-23H2,2-4H3/b18-13+,19-14+. The van der Waals surface area contributed by atoms with Gasteiger partial charge in [-0.15, -0.1) is 0 Å². The van der Waals surface area contributed by atoms with Gasteiger partial charge < -0.3 is 28.4 Å². The first-order valence-corrected chi connectivity index (χ1v) is 13.8. The number of ether oxygens (including phenoxy) is 6. The van der Waals surface area contributed by atoms with Crippen LogP contribution >= 0.6 is 0 Å². The molecule has 0 saturated carbocycles. The molecule has 2 aromatic rings. The Morgan fingerprint density at radius 3 is 2.00 bits per heavy atom. The Balaban J connectivity index is 1.64. The van der Waals surface area contributed by atoms with Crippen molar-refractivity contribution in [3.05, 3.63) is 77.9 Å². The molecule has 2 rings (SSSR count). The minimum atomic E-state index is -0.453. The Morgan fingerprint density at radius 1 is 0.690 bits per heavy atom. The molecule has 0 saturated heterocycles. The smallest absolute Gasteiger partial charge is 0.333 e. The van der Waals surface area contributed by atoms with E-state index in [2.05, 4.69) is 11.3 Å². The number of esters is 3. The predicted molar refractivity (Wildman–Crippen MR) is 160 cm³/mol. The van der Waals surface area contributed by atoms with E-state index < -0.39 is 11.9 Å². The van der Waals surface area contributed by atoms with Crippen molar-refractivity contribution in [1.82, 2.24) is 0 Å². The Labute approximate surface area is 247 Å². The molecule has 42 heavy (non-hydrogen) atoms. The zero-order chi connectivity index (χ0) is 30.6. The average molecular weight is 581 g/mol. The van der Waals surface area contributed by atoms with E-state index in [4.69, 9.17) is 23.7 Å². The molecule has 0 N–H and O–H groups in total. The fraction of sp³-hybridized carbons (Fsp3) is 0.364. The fourth-order valence-corrected chi connectivity index (χ4v) is 3.48. The van der Waals surface area contributed by atoms with E-state index in [1.807, 2.05) is 18.2 Å². The van der Waals surface area contributed by atoms with Crippen LogP contribution in [-0.4, -0.2) is 58.6 Å². The number of hydrogen-bond acceptors (Lipinski definition) is 9. The number of benzene rings is 2. The van der Waals surface area contributed by atoms with Crippen LogP contribution in [0.1, 0.15) is 50.2 Å². The van der Waals surface area contributed by atoms with E-state index in [1.54, 1.807) is 50.5 Å². The SMILES string of the molecule is C=C(C)C(=O)OCCCCCCOc1ccc(/C=C/C(=O)OCCCOc2ccc(/C=C/C(=O)OC)cc2)cc1OC. The molecule has 0 spiro atoms. The zero-order valence-electron chi connectivity index (χ0n) is 24.6. The number of methoxy groups -OCH3 is 2. The quantitative estimate of drug-likeness (QED) is 0.0860. The van der Waals surface area contributed by atoms with Crippen LogP contribution in [0.5, 0.6) is 17.2 Å². The first-order valence-electron chi connectivity index (χ1n) is 13.8. The van der Waals surface area contributed by atoms with E-state index in [0.717, 1.165) is 36.8 Å². The Hall–Kier alpha value is -4.53. The molecule has 0 aromatic heterocycles. The molecule has 0 amide bonds. The lowest BCUT2D eigenvalue weighted by Gasteiger charge is -2.11. The molecule has 0 fully saturated rings. The summed E-state index contributed by atoms with van der Waals surface area (Å²) < 4.78 is 31.8. The van der Waals surface area contributed by atoms with Crippen molar-refractivity contribution in [1.29, 1.82) is 0 Å². The number of rotatable bonds is 19. The number of unbranched alkanes of at least 4 members (excludes halogenated alkanes) is 3. The maximum absolute atomic E-state index is 12.1. The van der Waals surface area contributed by atoms with Crippen LogP contribution in [0.3, 0.4) is 0 Å². The summed E-state index contributed by atoms with van der Waals surface area (Å²) in [5.41, 5.74) is 2.02. The molecule has 0 radical (unpaired) electrons. The summed E-state index contributed by atoms with van der Waals surface area (Å²) in [5.74, 6) is 0.652. The highest BCUT2D eigenvalue weighted by atomic mass is 16.5. The van der Waals surface area contributed by atoms with Gasteiger partial charge in [0, 0.05) is 24.1 Å². The number of carbonyl (C=O) groups is 3. The van der Waals surface area contributed by atoms with Gasteiger partial charge in [0.1, 0.15) is 5.75 Å². The van der Waals surface area contributed by atoms with Gasteiger partial charge in [0.15, 0.2) is 11.5 Å². The van der Waals surface area contributed by atoms with Crippen LogP contribution in [0.15, 0.2) is 66.8 Å². The lowest BCUT2D eigenvalue weighted by Crippen LogP contribution is -2.06. The zero-order valence-corrected chi connectivity index (χ0v) is 24.6. The third-order valence-corrected chi connectivity index (χ3v) is 5.77. The van der Waals surface area contributed by atoms with E-state index in [0.29, 0.717) is 49.1 Å². The first-order chi connectivity index (χ1) is 20.3. The molecule has 0 aliphatic heterocycles. The van der Waals surface area contributed by atoms with E-state index in [9.17, 15) is 14.4 Å². The predicted octanol–water partition coefficient (Wildman–Crippen LogP) is 5.97. The summed E-state index contributed by atoms with van der Waals surface area (Å²) in [7, 11) is 2.89. The lowest BCUT2D eigenvalue weighted by molar-refractivity contribution is -0.139. The maximum atomic E-state index is 12.1. The van der Waals surface area contributed by atoms with Gasteiger partial charge in [-0.3, -0.25) is 0 Å².